The van der Waals surface area contributed by atoms with E-state index in [1.807, 2.05) is 38.1 Å². The molecule has 0 spiro atoms. The molecule has 1 amide bonds. The number of aromatic nitrogens is 1. The fraction of sp³-hybridized carbons (Fsp3) is 0.200. The van der Waals surface area contributed by atoms with Crippen LogP contribution in [0.4, 0.5) is 5.69 Å². The number of nitrogens with one attached hydrogen (secondary N) is 1. The van der Waals surface area contributed by atoms with Crippen molar-refractivity contribution in [2.24, 2.45) is 0 Å². The SMILES string of the molecule is CC(C)Oc1ccc(-c2nc(C(=O)NCc3ccc([N+](=O)[O-])cc3)cs2)cc1. The van der Waals surface area contributed by atoms with Gasteiger partial charge in [-0.3, -0.25) is 14.9 Å². The van der Waals surface area contributed by atoms with Crippen LogP contribution in [0.2, 0.25) is 0 Å². The van der Waals surface area contributed by atoms with Gasteiger partial charge in [0.1, 0.15) is 16.5 Å². The van der Waals surface area contributed by atoms with Crippen LogP contribution in [0.25, 0.3) is 10.6 Å². The van der Waals surface area contributed by atoms with Gasteiger partial charge in [-0.15, -0.1) is 11.3 Å². The molecule has 0 bridgehead atoms. The molecule has 1 heterocycles. The van der Waals surface area contributed by atoms with Crippen LogP contribution in [0.15, 0.2) is 53.9 Å². The number of benzene rings is 2. The lowest BCUT2D eigenvalue weighted by molar-refractivity contribution is -0.384. The first-order chi connectivity index (χ1) is 13.4. The molecule has 0 fully saturated rings. The maximum Gasteiger partial charge on any atom is 0.271 e. The highest BCUT2D eigenvalue weighted by Gasteiger charge is 2.12. The summed E-state index contributed by atoms with van der Waals surface area (Å²) < 4.78 is 5.62. The van der Waals surface area contributed by atoms with Gasteiger partial charge in [-0.2, -0.15) is 0 Å². The van der Waals surface area contributed by atoms with E-state index >= 15 is 0 Å². The molecule has 2 aromatic carbocycles. The topological polar surface area (TPSA) is 94.4 Å². The summed E-state index contributed by atoms with van der Waals surface area (Å²) >= 11 is 1.39. The molecule has 0 unspecified atom stereocenters. The largest absolute Gasteiger partial charge is 0.491 e. The van der Waals surface area contributed by atoms with Crippen LogP contribution in [-0.2, 0) is 6.54 Å². The molecule has 0 saturated heterocycles. The fourth-order valence-electron chi connectivity index (χ4n) is 2.47. The minimum atomic E-state index is -0.458. The maximum absolute atomic E-state index is 12.3. The van der Waals surface area contributed by atoms with Crippen molar-refractivity contribution in [2.75, 3.05) is 0 Å². The second-order valence-corrected chi connectivity index (χ2v) is 7.19. The maximum atomic E-state index is 12.3. The molecule has 0 saturated carbocycles. The van der Waals surface area contributed by atoms with Crippen molar-refractivity contribution < 1.29 is 14.5 Å². The normalized spacial score (nSPS) is 10.7. The van der Waals surface area contributed by atoms with E-state index in [2.05, 4.69) is 10.3 Å². The lowest BCUT2D eigenvalue weighted by atomic mass is 10.2. The van der Waals surface area contributed by atoms with Gasteiger partial charge < -0.3 is 10.1 Å². The van der Waals surface area contributed by atoms with Gasteiger partial charge in [0, 0.05) is 29.6 Å². The number of nitrogens with zero attached hydrogens (tertiary/aromatic N) is 2. The average molecular weight is 397 g/mol. The first-order valence-corrected chi connectivity index (χ1v) is 9.54. The van der Waals surface area contributed by atoms with Crippen molar-refractivity contribution in [3.63, 3.8) is 0 Å². The summed E-state index contributed by atoms with van der Waals surface area (Å²) in [6.07, 6.45) is 0.108. The number of carbonyl (C=O) groups is 1. The van der Waals surface area contributed by atoms with Crippen LogP contribution in [0.3, 0.4) is 0 Å². The van der Waals surface area contributed by atoms with E-state index in [9.17, 15) is 14.9 Å². The predicted octanol–water partition coefficient (Wildman–Crippen LogP) is 4.44. The Morgan fingerprint density at radius 1 is 1.18 bits per heavy atom. The molecular formula is C20H19N3O4S. The van der Waals surface area contributed by atoms with Crippen LogP contribution in [0.1, 0.15) is 29.9 Å². The smallest absolute Gasteiger partial charge is 0.271 e. The molecule has 0 atom stereocenters. The molecule has 28 heavy (non-hydrogen) atoms. The zero-order chi connectivity index (χ0) is 20.1. The van der Waals surface area contributed by atoms with E-state index in [0.29, 0.717) is 5.69 Å². The number of thiazole rings is 1. The van der Waals surface area contributed by atoms with E-state index in [0.717, 1.165) is 21.9 Å². The van der Waals surface area contributed by atoms with Gasteiger partial charge in [-0.1, -0.05) is 12.1 Å². The molecule has 0 aliphatic heterocycles. The van der Waals surface area contributed by atoms with Crippen molar-refractivity contribution in [3.05, 3.63) is 75.3 Å². The van der Waals surface area contributed by atoms with Crippen LogP contribution in [0, 0.1) is 10.1 Å². The van der Waals surface area contributed by atoms with Gasteiger partial charge >= 0.3 is 0 Å². The molecular weight excluding hydrogens is 378 g/mol. The van der Waals surface area contributed by atoms with E-state index in [-0.39, 0.29) is 24.2 Å². The van der Waals surface area contributed by atoms with E-state index in [1.54, 1.807) is 17.5 Å². The Morgan fingerprint density at radius 2 is 1.86 bits per heavy atom. The highest BCUT2D eigenvalue weighted by molar-refractivity contribution is 7.13. The zero-order valence-corrected chi connectivity index (χ0v) is 16.2. The quantitative estimate of drug-likeness (QED) is 0.470. The van der Waals surface area contributed by atoms with Crippen molar-refractivity contribution >= 4 is 22.9 Å². The molecule has 1 aromatic heterocycles. The molecule has 0 aliphatic carbocycles. The summed E-state index contributed by atoms with van der Waals surface area (Å²) in [7, 11) is 0. The summed E-state index contributed by atoms with van der Waals surface area (Å²) in [5.74, 6) is 0.497. The average Bonchev–Trinajstić information content (AvgIpc) is 3.17. The third-order valence-corrected chi connectivity index (χ3v) is 4.70. The number of non-ortho nitro benzene ring substituents is 1. The van der Waals surface area contributed by atoms with Crippen LogP contribution in [0.5, 0.6) is 5.75 Å². The summed E-state index contributed by atoms with van der Waals surface area (Å²) in [5, 5.41) is 15.9. The Labute approximate surface area is 166 Å². The minimum absolute atomic E-state index is 0.0176. The summed E-state index contributed by atoms with van der Waals surface area (Å²) in [6, 6.07) is 13.6. The summed E-state index contributed by atoms with van der Waals surface area (Å²) in [6.45, 7) is 4.21. The van der Waals surface area contributed by atoms with Crippen LogP contribution >= 0.6 is 11.3 Å². The first kappa shape index (κ1) is 19.5. The molecule has 1 N–H and O–H groups in total. The molecule has 0 radical (unpaired) electrons. The third kappa shape index (κ3) is 4.92. The fourth-order valence-corrected chi connectivity index (χ4v) is 3.27. The highest BCUT2D eigenvalue weighted by Crippen LogP contribution is 2.26. The van der Waals surface area contributed by atoms with Crippen molar-refractivity contribution in [3.8, 4) is 16.3 Å². The van der Waals surface area contributed by atoms with Gasteiger partial charge in [0.25, 0.3) is 11.6 Å². The van der Waals surface area contributed by atoms with Crippen molar-refractivity contribution in [1.29, 1.82) is 0 Å². The second kappa shape index (κ2) is 8.62. The van der Waals surface area contributed by atoms with E-state index in [1.165, 1.54) is 23.5 Å². The van der Waals surface area contributed by atoms with Crippen LogP contribution in [-0.4, -0.2) is 21.9 Å². The summed E-state index contributed by atoms with van der Waals surface area (Å²) in [5.41, 5.74) is 2.04. The minimum Gasteiger partial charge on any atom is -0.491 e. The second-order valence-electron chi connectivity index (χ2n) is 6.34. The molecule has 0 aliphatic rings. The van der Waals surface area contributed by atoms with Crippen molar-refractivity contribution in [2.45, 2.75) is 26.5 Å². The number of rotatable bonds is 7. The number of nitro groups is 1. The zero-order valence-electron chi connectivity index (χ0n) is 15.4. The third-order valence-electron chi connectivity index (χ3n) is 3.81. The number of carbonyl (C=O) groups excluding carboxylic acids is 1. The predicted molar refractivity (Wildman–Crippen MR) is 108 cm³/mol. The molecule has 144 valence electrons. The Morgan fingerprint density at radius 3 is 2.46 bits per heavy atom. The number of ether oxygens (including phenoxy) is 1. The molecule has 3 aromatic rings. The summed E-state index contributed by atoms with van der Waals surface area (Å²) in [4.78, 5) is 26.9. The number of hydrogen-bond donors (Lipinski definition) is 1. The Balaban J connectivity index is 1.61. The van der Waals surface area contributed by atoms with Crippen molar-refractivity contribution in [1.82, 2.24) is 10.3 Å². The Hall–Kier alpha value is -3.26. The first-order valence-electron chi connectivity index (χ1n) is 8.66. The lowest BCUT2D eigenvalue weighted by Crippen LogP contribution is -2.23. The molecule has 7 nitrogen and oxygen atoms in total. The number of amides is 1. The Kier molecular flexibility index (Phi) is 6.00. The van der Waals surface area contributed by atoms with Gasteiger partial charge in [0.15, 0.2) is 0 Å². The monoisotopic (exact) mass is 397 g/mol. The van der Waals surface area contributed by atoms with Gasteiger partial charge in [0.05, 0.1) is 11.0 Å². The van der Waals surface area contributed by atoms with Crippen LogP contribution < -0.4 is 10.1 Å². The van der Waals surface area contributed by atoms with Gasteiger partial charge in [0.2, 0.25) is 0 Å². The number of nitro benzene ring substituents is 1. The standard InChI is InChI=1S/C20H19N3O4S/c1-13(2)27-17-9-5-15(6-10-17)20-22-18(12-28-20)19(24)21-11-14-3-7-16(8-4-14)23(25)26/h3-10,12-13H,11H2,1-2H3,(H,21,24). The van der Waals surface area contributed by atoms with Gasteiger partial charge in [-0.05, 0) is 43.7 Å². The number of hydrogen-bond acceptors (Lipinski definition) is 6. The van der Waals surface area contributed by atoms with E-state index < -0.39 is 4.92 Å². The highest BCUT2D eigenvalue weighted by atomic mass is 32.1. The Bertz CT molecular complexity index is 966. The lowest BCUT2D eigenvalue weighted by Gasteiger charge is -2.09. The van der Waals surface area contributed by atoms with E-state index in [4.69, 9.17) is 4.74 Å². The molecule has 3 rings (SSSR count). The van der Waals surface area contributed by atoms with Gasteiger partial charge in [-0.25, -0.2) is 4.98 Å². The molecule has 8 heteroatoms.